The van der Waals surface area contributed by atoms with Crippen LogP contribution in [-0.4, -0.2) is 16.1 Å². The fourth-order valence-corrected chi connectivity index (χ4v) is 2.40. The average Bonchev–Trinajstić information content (AvgIpc) is 2.41. The maximum atomic E-state index is 12.8. The van der Waals surface area contributed by atoms with Gasteiger partial charge in [-0.1, -0.05) is 18.7 Å². The molecule has 0 aliphatic carbocycles. The Morgan fingerprint density at radius 3 is 2.58 bits per heavy atom. The van der Waals surface area contributed by atoms with E-state index < -0.39 is 5.97 Å². The number of halogens is 1. The number of nitrogens with zero attached hydrogens (tertiary/aromatic N) is 1. The molecule has 5 heteroatoms. The van der Waals surface area contributed by atoms with Crippen LogP contribution in [0.25, 0.3) is 0 Å². The molecular formula is C14H12FNO2S. The Morgan fingerprint density at radius 1 is 1.32 bits per heavy atom. The number of aromatic carboxylic acids is 1. The van der Waals surface area contributed by atoms with Crippen molar-refractivity contribution in [3.8, 4) is 0 Å². The van der Waals surface area contributed by atoms with Gasteiger partial charge in [0.2, 0.25) is 0 Å². The van der Waals surface area contributed by atoms with Crippen molar-refractivity contribution in [2.24, 2.45) is 0 Å². The number of carboxylic acid groups (broad SMARTS) is 1. The Morgan fingerprint density at radius 2 is 2.00 bits per heavy atom. The van der Waals surface area contributed by atoms with Crippen molar-refractivity contribution in [3.05, 3.63) is 53.5 Å². The molecule has 1 N–H and O–H groups in total. The Labute approximate surface area is 114 Å². The molecule has 0 fully saturated rings. The van der Waals surface area contributed by atoms with E-state index in [9.17, 15) is 9.18 Å². The van der Waals surface area contributed by atoms with E-state index in [1.54, 1.807) is 18.2 Å². The van der Waals surface area contributed by atoms with Crippen LogP contribution in [0.1, 0.15) is 23.0 Å². The van der Waals surface area contributed by atoms with Crippen LogP contribution in [0.3, 0.4) is 0 Å². The van der Waals surface area contributed by atoms with Gasteiger partial charge in [0.1, 0.15) is 10.8 Å². The predicted molar refractivity (Wildman–Crippen MR) is 71.1 cm³/mol. The summed E-state index contributed by atoms with van der Waals surface area (Å²) in [7, 11) is 0. The molecule has 0 saturated carbocycles. The highest BCUT2D eigenvalue weighted by atomic mass is 32.2. The van der Waals surface area contributed by atoms with Gasteiger partial charge in [-0.2, -0.15) is 0 Å². The van der Waals surface area contributed by atoms with E-state index in [4.69, 9.17) is 5.11 Å². The van der Waals surface area contributed by atoms with E-state index in [0.717, 1.165) is 10.6 Å². The molecule has 0 unspecified atom stereocenters. The summed E-state index contributed by atoms with van der Waals surface area (Å²) in [6, 6.07) is 9.10. The highest BCUT2D eigenvalue weighted by molar-refractivity contribution is 7.99. The van der Waals surface area contributed by atoms with Gasteiger partial charge in [-0.15, -0.1) is 0 Å². The number of hydrogen-bond acceptors (Lipinski definition) is 3. The Balaban J connectivity index is 2.31. The monoisotopic (exact) mass is 277 g/mol. The lowest BCUT2D eigenvalue weighted by atomic mass is 10.2. The van der Waals surface area contributed by atoms with E-state index in [2.05, 4.69) is 4.98 Å². The normalized spacial score (nSPS) is 10.4. The molecule has 0 aliphatic heterocycles. The van der Waals surface area contributed by atoms with E-state index in [1.807, 2.05) is 6.92 Å². The fourth-order valence-electron chi connectivity index (χ4n) is 1.54. The molecule has 2 rings (SSSR count). The molecule has 2 aromatic rings. The number of rotatable bonds is 4. The summed E-state index contributed by atoms with van der Waals surface area (Å²) in [5.74, 6) is -1.27. The Kier molecular flexibility index (Phi) is 4.16. The minimum absolute atomic E-state index is 0.219. The molecule has 19 heavy (non-hydrogen) atoms. The Hall–Kier alpha value is -1.88. The molecule has 0 spiro atoms. The van der Waals surface area contributed by atoms with Gasteiger partial charge in [0.15, 0.2) is 0 Å². The van der Waals surface area contributed by atoms with Crippen LogP contribution in [0.5, 0.6) is 0 Å². The molecule has 1 heterocycles. The maximum absolute atomic E-state index is 12.8. The van der Waals surface area contributed by atoms with Gasteiger partial charge in [0.05, 0.1) is 5.56 Å². The number of aromatic nitrogens is 1. The smallest absolute Gasteiger partial charge is 0.335 e. The van der Waals surface area contributed by atoms with Crippen LogP contribution in [-0.2, 0) is 6.42 Å². The largest absolute Gasteiger partial charge is 0.478 e. The molecule has 0 aliphatic rings. The predicted octanol–water partition coefficient (Wildman–Crippen LogP) is 3.63. The minimum Gasteiger partial charge on any atom is -0.478 e. The lowest BCUT2D eigenvalue weighted by Gasteiger charge is -2.05. The van der Waals surface area contributed by atoms with Gasteiger partial charge in [0.25, 0.3) is 0 Å². The van der Waals surface area contributed by atoms with Gasteiger partial charge in [0, 0.05) is 10.6 Å². The zero-order chi connectivity index (χ0) is 13.8. The zero-order valence-electron chi connectivity index (χ0n) is 10.3. The molecule has 98 valence electrons. The third kappa shape index (κ3) is 3.54. The van der Waals surface area contributed by atoms with Crippen molar-refractivity contribution in [1.29, 1.82) is 0 Å². The molecule has 0 radical (unpaired) electrons. The molecule has 0 bridgehead atoms. The van der Waals surface area contributed by atoms with Crippen molar-refractivity contribution in [2.45, 2.75) is 23.3 Å². The first-order valence-corrected chi connectivity index (χ1v) is 6.58. The van der Waals surface area contributed by atoms with Crippen molar-refractivity contribution in [1.82, 2.24) is 4.98 Å². The first kappa shape index (κ1) is 13.5. The van der Waals surface area contributed by atoms with E-state index >= 15 is 0 Å². The van der Waals surface area contributed by atoms with Gasteiger partial charge in [-0.05, 0) is 42.8 Å². The van der Waals surface area contributed by atoms with Crippen LogP contribution >= 0.6 is 11.8 Å². The van der Waals surface area contributed by atoms with Gasteiger partial charge >= 0.3 is 5.97 Å². The van der Waals surface area contributed by atoms with Gasteiger partial charge < -0.3 is 5.11 Å². The number of carbonyl (C=O) groups is 1. The SMILES string of the molecule is CCc1cc(C(=O)O)cc(Sc2ccc(F)cc2)n1. The van der Waals surface area contributed by atoms with Crippen molar-refractivity contribution < 1.29 is 14.3 Å². The molecule has 1 aromatic carbocycles. The van der Waals surface area contributed by atoms with Crippen molar-refractivity contribution >= 4 is 17.7 Å². The third-order valence-electron chi connectivity index (χ3n) is 2.50. The summed E-state index contributed by atoms with van der Waals surface area (Å²) in [6.45, 7) is 1.92. The lowest BCUT2D eigenvalue weighted by molar-refractivity contribution is 0.0696. The van der Waals surface area contributed by atoms with Crippen LogP contribution < -0.4 is 0 Å². The summed E-state index contributed by atoms with van der Waals surface area (Å²) >= 11 is 1.32. The molecule has 0 atom stereocenters. The van der Waals surface area contributed by atoms with Crippen LogP contribution in [0.4, 0.5) is 4.39 Å². The van der Waals surface area contributed by atoms with Crippen LogP contribution in [0.15, 0.2) is 46.3 Å². The van der Waals surface area contributed by atoms with Crippen molar-refractivity contribution in [2.75, 3.05) is 0 Å². The summed E-state index contributed by atoms with van der Waals surface area (Å²) in [5, 5.41) is 9.65. The second-order valence-electron chi connectivity index (χ2n) is 3.90. The fraction of sp³-hybridized carbons (Fsp3) is 0.143. The van der Waals surface area contributed by atoms with Gasteiger partial charge in [-0.25, -0.2) is 14.2 Å². The standard InChI is InChI=1S/C14H12FNO2S/c1-2-11-7-9(14(17)18)8-13(16-11)19-12-5-3-10(15)4-6-12/h3-8H,2H2,1H3,(H,17,18). The number of aryl methyl sites for hydroxylation is 1. The lowest BCUT2D eigenvalue weighted by Crippen LogP contribution is -2.00. The third-order valence-corrected chi connectivity index (χ3v) is 3.43. The van der Waals surface area contributed by atoms with Crippen LogP contribution in [0.2, 0.25) is 0 Å². The molecule has 1 aromatic heterocycles. The number of carboxylic acids is 1. The van der Waals surface area contributed by atoms with Gasteiger partial charge in [-0.3, -0.25) is 0 Å². The quantitative estimate of drug-likeness (QED) is 0.927. The highest BCUT2D eigenvalue weighted by Gasteiger charge is 2.09. The second-order valence-corrected chi connectivity index (χ2v) is 4.99. The molecule has 3 nitrogen and oxygen atoms in total. The van der Waals surface area contributed by atoms with Crippen molar-refractivity contribution in [3.63, 3.8) is 0 Å². The highest BCUT2D eigenvalue weighted by Crippen LogP contribution is 2.27. The molecular weight excluding hydrogens is 265 g/mol. The number of hydrogen-bond donors (Lipinski definition) is 1. The first-order chi connectivity index (χ1) is 9.08. The second kappa shape index (κ2) is 5.84. The van der Waals surface area contributed by atoms with E-state index in [1.165, 1.54) is 30.0 Å². The van der Waals surface area contributed by atoms with Crippen LogP contribution in [0, 0.1) is 5.82 Å². The number of benzene rings is 1. The maximum Gasteiger partial charge on any atom is 0.335 e. The van der Waals surface area contributed by atoms with E-state index in [-0.39, 0.29) is 11.4 Å². The summed E-state index contributed by atoms with van der Waals surface area (Å²) in [4.78, 5) is 16.2. The first-order valence-electron chi connectivity index (χ1n) is 5.76. The topological polar surface area (TPSA) is 50.2 Å². The summed E-state index contributed by atoms with van der Waals surface area (Å²) < 4.78 is 12.8. The summed E-state index contributed by atoms with van der Waals surface area (Å²) in [6.07, 6.45) is 0.665. The Bertz CT molecular complexity index is 599. The average molecular weight is 277 g/mol. The zero-order valence-corrected chi connectivity index (χ0v) is 11.1. The molecule has 0 saturated heterocycles. The minimum atomic E-state index is -0.974. The van der Waals surface area contributed by atoms with E-state index in [0.29, 0.717) is 11.4 Å². The summed E-state index contributed by atoms with van der Waals surface area (Å²) in [5.41, 5.74) is 0.945. The molecule has 0 amide bonds. The number of pyridine rings is 1.